The molecular weight excluding hydrogens is 787 g/mol. The molecule has 2 saturated heterocycles. The minimum Gasteiger partial charge on any atom is -0.465 e. The fourth-order valence-corrected chi connectivity index (χ4v) is 9.13. The summed E-state index contributed by atoms with van der Waals surface area (Å²) in [5, 5.41) is 18.4. The Morgan fingerprint density at radius 1 is 0.836 bits per heavy atom. The standard InChI is InChI=1S/C37H42N8O6S2.2ClH/c1-20(2)28(42-36(48)49)34(46)45-15-9-13-27(45)33-39-17-25(41-33)24-19-53-30-22(18-52-31(24)30)10-6-7-11-23-16-38-32(40-23)26-12-8-14-44(26)35(47)29(21(3)4)43-37(50)51-5;;/h16-21,26-29,42H,8-9,12-15H2,1-5H3,(H,38,40)(H,39,41)(H,43,50)(H,48,49);2*1H/t26-,27-,28-,29-;;/m0../s1. The molecular formula is C37H44Cl2N8O6S2. The first-order valence-corrected chi connectivity index (χ1v) is 19.3. The molecule has 4 amide bonds. The van der Waals surface area contributed by atoms with Crippen molar-refractivity contribution in [2.75, 3.05) is 20.2 Å². The average molecular weight is 832 g/mol. The van der Waals surface area contributed by atoms with Crippen LogP contribution in [0.1, 0.15) is 88.4 Å². The smallest absolute Gasteiger partial charge is 0.407 e. The van der Waals surface area contributed by atoms with Crippen molar-refractivity contribution in [1.82, 2.24) is 40.4 Å². The lowest BCUT2D eigenvalue weighted by atomic mass is 10.0. The summed E-state index contributed by atoms with van der Waals surface area (Å²) in [6.07, 6.45) is 4.67. The molecule has 14 nitrogen and oxygen atoms in total. The van der Waals surface area contributed by atoms with Crippen LogP contribution in [-0.2, 0) is 14.3 Å². The topological polar surface area (TPSA) is 186 Å². The van der Waals surface area contributed by atoms with Gasteiger partial charge in [-0.1, -0.05) is 33.6 Å². The van der Waals surface area contributed by atoms with Gasteiger partial charge in [-0.25, -0.2) is 19.6 Å². The zero-order chi connectivity index (χ0) is 37.8. The first kappa shape index (κ1) is 43.0. The number of amides is 4. The van der Waals surface area contributed by atoms with Gasteiger partial charge in [-0.2, -0.15) is 0 Å². The van der Waals surface area contributed by atoms with E-state index in [2.05, 4.69) is 59.6 Å². The third kappa shape index (κ3) is 9.39. The monoisotopic (exact) mass is 830 g/mol. The number of thiophene rings is 2. The van der Waals surface area contributed by atoms with Gasteiger partial charge in [-0.05, 0) is 55.3 Å². The number of hydrogen-bond donors (Lipinski definition) is 5. The van der Waals surface area contributed by atoms with E-state index in [0.29, 0.717) is 30.4 Å². The molecule has 0 bridgehead atoms. The highest BCUT2D eigenvalue weighted by Crippen LogP contribution is 2.40. The predicted molar refractivity (Wildman–Crippen MR) is 215 cm³/mol. The third-order valence-electron chi connectivity index (χ3n) is 9.53. The molecule has 2 aliphatic heterocycles. The van der Waals surface area contributed by atoms with Crippen LogP contribution >= 0.6 is 47.5 Å². The van der Waals surface area contributed by atoms with Gasteiger partial charge in [0.2, 0.25) is 11.8 Å². The molecule has 0 aliphatic carbocycles. The number of methoxy groups -OCH3 is 1. The molecule has 6 heterocycles. The summed E-state index contributed by atoms with van der Waals surface area (Å²) in [5.74, 6) is 12.7. The Labute approximate surface area is 339 Å². The number of H-pyrrole nitrogens is 2. The molecule has 0 radical (unpaired) electrons. The molecule has 4 aromatic rings. The maximum Gasteiger partial charge on any atom is 0.407 e. The molecule has 55 heavy (non-hydrogen) atoms. The number of hydrogen-bond acceptors (Lipinski definition) is 9. The fraction of sp³-hybridized carbons (Fsp3) is 0.459. The highest BCUT2D eigenvalue weighted by Gasteiger charge is 2.39. The second-order valence-electron chi connectivity index (χ2n) is 13.7. The van der Waals surface area contributed by atoms with Crippen LogP contribution < -0.4 is 10.6 Å². The van der Waals surface area contributed by atoms with E-state index >= 15 is 0 Å². The molecule has 0 aromatic carbocycles. The number of nitrogens with one attached hydrogen (secondary N) is 4. The minimum absolute atomic E-state index is 0. The summed E-state index contributed by atoms with van der Waals surface area (Å²) < 4.78 is 6.84. The van der Waals surface area contributed by atoms with Crippen molar-refractivity contribution < 1.29 is 29.0 Å². The van der Waals surface area contributed by atoms with Crippen molar-refractivity contribution >= 4 is 80.9 Å². The van der Waals surface area contributed by atoms with E-state index in [4.69, 9.17) is 4.74 Å². The van der Waals surface area contributed by atoms with Crippen LogP contribution in [0.4, 0.5) is 9.59 Å². The Morgan fingerprint density at radius 3 is 2.00 bits per heavy atom. The number of aromatic nitrogens is 4. The lowest BCUT2D eigenvalue weighted by Crippen LogP contribution is -2.51. The zero-order valence-corrected chi connectivity index (χ0v) is 34.2. The van der Waals surface area contributed by atoms with E-state index in [0.717, 1.165) is 51.9 Å². The van der Waals surface area contributed by atoms with Gasteiger partial charge in [0, 0.05) is 29.4 Å². The van der Waals surface area contributed by atoms with E-state index < -0.39 is 24.3 Å². The Morgan fingerprint density at radius 2 is 1.40 bits per heavy atom. The molecule has 0 saturated carbocycles. The van der Waals surface area contributed by atoms with Crippen molar-refractivity contribution in [2.45, 2.75) is 77.5 Å². The van der Waals surface area contributed by atoms with Gasteiger partial charge in [0.05, 0.1) is 52.2 Å². The van der Waals surface area contributed by atoms with Gasteiger partial charge >= 0.3 is 12.2 Å². The first-order valence-electron chi connectivity index (χ1n) is 17.5. The van der Waals surface area contributed by atoms with Crippen molar-refractivity contribution in [2.24, 2.45) is 11.8 Å². The molecule has 6 rings (SSSR count). The number of carbonyl (C=O) groups is 4. The largest absolute Gasteiger partial charge is 0.465 e. The summed E-state index contributed by atoms with van der Waals surface area (Å²) in [7, 11) is 1.27. The molecule has 2 fully saturated rings. The zero-order valence-electron chi connectivity index (χ0n) is 30.9. The second-order valence-corrected chi connectivity index (χ2v) is 15.5. The molecule has 294 valence electrons. The number of halogens is 2. The van der Waals surface area contributed by atoms with Gasteiger partial charge in [0.15, 0.2) is 0 Å². The van der Waals surface area contributed by atoms with E-state index in [1.54, 1.807) is 44.9 Å². The lowest BCUT2D eigenvalue weighted by molar-refractivity contribution is -0.136. The highest BCUT2D eigenvalue weighted by molar-refractivity contribution is 7.27. The van der Waals surface area contributed by atoms with Gasteiger partial charge < -0.3 is 40.2 Å². The minimum atomic E-state index is -1.22. The number of aromatic amines is 2. The number of rotatable bonds is 9. The van der Waals surface area contributed by atoms with Crippen molar-refractivity contribution in [1.29, 1.82) is 0 Å². The summed E-state index contributed by atoms with van der Waals surface area (Å²) in [4.78, 5) is 69.4. The Kier molecular flexibility index (Phi) is 14.6. The number of alkyl carbamates (subject to hydrolysis) is 1. The number of likely N-dealkylation sites (tertiary alicyclic amines) is 2. The third-order valence-corrected chi connectivity index (χ3v) is 11.7. The Balaban J connectivity index is 0.00000336. The van der Waals surface area contributed by atoms with Gasteiger partial charge in [-0.15, -0.1) is 47.5 Å². The number of carboxylic acid groups (broad SMARTS) is 1. The molecule has 4 atom stereocenters. The molecule has 18 heteroatoms. The number of carbonyl (C=O) groups excluding carboxylic acids is 3. The quantitative estimate of drug-likeness (QED) is 0.121. The number of imidazole rings is 2. The van der Waals surface area contributed by atoms with Crippen LogP contribution in [0.15, 0.2) is 23.2 Å². The molecule has 0 spiro atoms. The van der Waals surface area contributed by atoms with Gasteiger partial charge in [0.1, 0.15) is 29.4 Å². The van der Waals surface area contributed by atoms with Crippen LogP contribution in [0, 0.1) is 35.5 Å². The van der Waals surface area contributed by atoms with Gasteiger partial charge in [-0.3, -0.25) is 9.59 Å². The fourth-order valence-electron chi connectivity index (χ4n) is 6.84. The van der Waals surface area contributed by atoms with Crippen molar-refractivity contribution in [3.05, 3.63) is 46.1 Å². The van der Waals surface area contributed by atoms with Crippen LogP contribution in [0.25, 0.3) is 20.7 Å². The Bertz CT molecular complexity index is 2140. The summed E-state index contributed by atoms with van der Waals surface area (Å²) in [6.45, 7) is 8.52. The van der Waals surface area contributed by atoms with E-state index in [9.17, 15) is 24.3 Å². The van der Waals surface area contributed by atoms with Gasteiger partial charge in [0.25, 0.3) is 0 Å². The van der Waals surface area contributed by atoms with Crippen molar-refractivity contribution in [3.63, 3.8) is 0 Å². The number of ether oxygens (including phenoxy) is 1. The van der Waals surface area contributed by atoms with E-state index in [-0.39, 0.29) is 60.5 Å². The Hall–Kier alpha value is -4.74. The molecule has 4 aromatic heterocycles. The normalized spacial score (nSPS) is 17.4. The maximum absolute atomic E-state index is 13.4. The molecule has 2 aliphatic rings. The average Bonchev–Trinajstić information content (AvgIpc) is 3.97. The summed E-state index contributed by atoms with van der Waals surface area (Å²) in [6, 6.07) is -2.04. The lowest BCUT2D eigenvalue weighted by Gasteiger charge is -2.29. The summed E-state index contributed by atoms with van der Waals surface area (Å²) >= 11 is 3.18. The highest BCUT2D eigenvalue weighted by atomic mass is 35.5. The molecule has 5 N–H and O–H groups in total. The van der Waals surface area contributed by atoms with E-state index in [1.165, 1.54) is 7.11 Å². The second kappa shape index (κ2) is 18.7. The van der Waals surface area contributed by atoms with Crippen LogP contribution in [0.2, 0.25) is 0 Å². The molecule has 0 unspecified atom stereocenters. The maximum atomic E-state index is 13.4. The number of fused-ring (bicyclic) bond motifs is 1. The first-order chi connectivity index (χ1) is 25.5. The SMILES string of the molecule is COC(=O)N[C@H](C(=O)N1CCC[C@H]1c1ncc(C#CC#Cc2csc3c(-c4cnc([C@@H]5CCCN5C(=O)[C@@H](NC(=O)O)C(C)C)[nH]4)csc23)[nH]1)C(C)C.Cl.Cl. The van der Waals surface area contributed by atoms with E-state index in [1.807, 2.05) is 33.1 Å². The van der Waals surface area contributed by atoms with Crippen LogP contribution in [-0.4, -0.2) is 91.1 Å². The summed E-state index contributed by atoms with van der Waals surface area (Å²) in [5.41, 5.74) is 3.31. The number of nitrogens with zero attached hydrogens (tertiary/aromatic N) is 4. The van der Waals surface area contributed by atoms with Crippen molar-refractivity contribution in [3.8, 4) is 34.9 Å². The van der Waals surface area contributed by atoms with Crippen LogP contribution in [0.5, 0.6) is 0 Å². The predicted octanol–water partition coefficient (Wildman–Crippen LogP) is 6.32. The van der Waals surface area contributed by atoms with Crippen LogP contribution in [0.3, 0.4) is 0 Å².